The van der Waals surface area contributed by atoms with E-state index in [1.54, 1.807) is 18.2 Å². The molecule has 0 amide bonds. The zero-order valence-corrected chi connectivity index (χ0v) is 11.6. The lowest BCUT2D eigenvalue weighted by atomic mass is 9.95. The molecule has 0 aliphatic heterocycles. The van der Waals surface area contributed by atoms with Crippen LogP contribution in [0.2, 0.25) is 0 Å². The highest BCUT2D eigenvalue weighted by Gasteiger charge is 2.25. The van der Waals surface area contributed by atoms with E-state index in [9.17, 15) is 12.9 Å². The minimum atomic E-state index is -4.98. The second kappa shape index (κ2) is 5.40. The lowest BCUT2D eigenvalue weighted by molar-refractivity contribution is 0.314. The van der Waals surface area contributed by atoms with E-state index < -0.39 is 13.5 Å². The van der Waals surface area contributed by atoms with Crippen LogP contribution in [0.4, 0.5) is 12.9 Å². The molecule has 0 saturated carbocycles. The van der Waals surface area contributed by atoms with Gasteiger partial charge in [-0.2, -0.15) is 0 Å². The van der Waals surface area contributed by atoms with E-state index in [0.29, 0.717) is 10.6 Å². The van der Waals surface area contributed by atoms with Crippen molar-refractivity contribution >= 4 is 28.5 Å². The summed E-state index contributed by atoms with van der Waals surface area (Å²) < 4.78 is 43.0. The van der Waals surface area contributed by atoms with E-state index in [1.807, 2.05) is 24.3 Å². The monoisotopic (exact) mass is 308 g/mol. The number of nitrogens with zero attached hydrogens (tertiary/aromatic N) is 1. The third kappa shape index (κ3) is 3.18. The number of para-hydroxylation sites is 2. The Labute approximate surface area is 123 Å². The average molecular weight is 308 g/mol. The van der Waals surface area contributed by atoms with E-state index in [1.165, 1.54) is 17.4 Å². The second-order valence-corrected chi connectivity index (χ2v) is 5.53. The largest absolute Gasteiger partial charge is 0.521 e. The van der Waals surface area contributed by atoms with Crippen LogP contribution in [0.1, 0.15) is 0 Å². The molecule has 0 atom stereocenters. The normalized spacial score (nSPS) is 11.8. The summed E-state index contributed by atoms with van der Waals surface area (Å²) in [5.41, 5.74) is 1.41. The quantitative estimate of drug-likeness (QED) is 0.650. The Kier molecular flexibility index (Phi) is 3.59. The molecule has 0 bridgehead atoms. The third-order valence-corrected chi connectivity index (χ3v) is 3.91. The van der Waals surface area contributed by atoms with Gasteiger partial charge in [0.05, 0.1) is 22.3 Å². The fourth-order valence-electron chi connectivity index (χ4n) is 1.94. The highest BCUT2D eigenvalue weighted by Crippen LogP contribution is 2.35. The summed E-state index contributed by atoms with van der Waals surface area (Å²) in [4.78, 5) is 4.45. The van der Waals surface area contributed by atoms with Gasteiger partial charge in [0, 0.05) is 0 Å². The lowest BCUT2D eigenvalue weighted by Crippen LogP contribution is -2.26. The summed E-state index contributed by atoms with van der Waals surface area (Å²) in [6.07, 6.45) is 0. The number of fused-ring (bicyclic) bond motifs is 1. The molecule has 0 spiro atoms. The Morgan fingerprint density at radius 2 is 1.71 bits per heavy atom. The molecule has 2 aromatic carbocycles. The van der Waals surface area contributed by atoms with Gasteiger partial charge in [0.25, 0.3) is 0 Å². The molecule has 0 radical (unpaired) electrons. The molecular weight excluding hydrogens is 298 g/mol. The topological polar surface area (TPSA) is 22.1 Å². The Balaban J connectivity index is 1.98. The molecule has 0 saturated heterocycles. The Morgan fingerprint density at radius 1 is 1.00 bits per heavy atom. The van der Waals surface area contributed by atoms with Crippen molar-refractivity contribution < 1.29 is 17.7 Å². The summed E-state index contributed by atoms with van der Waals surface area (Å²) in [6.45, 7) is -6.23. The van der Waals surface area contributed by atoms with Gasteiger partial charge in [0.2, 0.25) is 0 Å². The maximum Gasteiger partial charge on any atom is 0.515 e. The van der Waals surface area contributed by atoms with Crippen LogP contribution in [0.25, 0.3) is 20.8 Å². The number of hydrogen-bond donors (Lipinski definition) is 0. The first-order valence-electron chi connectivity index (χ1n) is 6.32. The van der Waals surface area contributed by atoms with Crippen LogP contribution in [-0.2, 0) is 0 Å². The first-order chi connectivity index (χ1) is 10.0. The number of hydrogen-bond acceptors (Lipinski definition) is 3. The smallest absolute Gasteiger partial charge is 0.515 e. The van der Waals surface area contributed by atoms with Gasteiger partial charge < -0.3 is 17.7 Å². The first-order valence-corrected chi connectivity index (χ1v) is 7.13. The lowest BCUT2D eigenvalue weighted by Gasteiger charge is -2.16. The van der Waals surface area contributed by atoms with E-state index in [4.69, 9.17) is 4.74 Å². The summed E-state index contributed by atoms with van der Waals surface area (Å²) in [6, 6.07) is 14.2. The summed E-state index contributed by atoms with van der Waals surface area (Å²) in [7, 11) is 0. The van der Waals surface area contributed by atoms with E-state index in [-0.39, 0.29) is 5.75 Å². The maximum atomic E-state index is 12.4. The van der Waals surface area contributed by atoms with Crippen molar-refractivity contribution in [1.29, 1.82) is 0 Å². The Morgan fingerprint density at radius 3 is 2.48 bits per heavy atom. The minimum Gasteiger partial charge on any atom is -0.521 e. The van der Waals surface area contributed by atoms with Crippen LogP contribution < -0.4 is 4.74 Å². The highest BCUT2D eigenvalue weighted by molar-refractivity contribution is 7.21. The SMILES string of the molecule is F[B-](F)(F)COc1ccccc1-c1nc2ccccc2s1. The van der Waals surface area contributed by atoms with Gasteiger partial charge in [-0.05, 0) is 24.3 Å². The van der Waals surface area contributed by atoms with Gasteiger partial charge in [-0.3, -0.25) is 0 Å². The molecule has 7 heteroatoms. The van der Waals surface area contributed by atoms with Crippen LogP contribution in [0, 0.1) is 0 Å². The number of halogens is 3. The van der Waals surface area contributed by atoms with Crippen molar-refractivity contribution in [2.75, 3.05) is 6.51 Å². The van der Waals surface area contributed by atoms with Gasteiger partial charge >= 0.3 is 6.98 Å². The standard InChI is InChI=1S/C14H10BF3NOS/c16-15(17,18)9-20-12-7-3-1-5-10(12)14-19-11-6-2-4-8-13(11)21-14/h1-8H,9H2/q-1. The van der Waals surface area contributed by atoms with E-state index in [2.05, 4.69) is 4.98 Å². The second-order valence-electron chi connectivity index (χ2n) is 4.50. The molecule has 3 rings (SSSR count). The molecule has 0 unspecified atom stereocenters. The molecule has 1 heterocycles. The zero-order valence-electron chi connectivity index (χ0n) is 10.8. The average Bonchev–Trinajstić information content (AvgIpc) is 2.88. The van der Waals surface area contributed by atoms with Crippen molar-refractivity contribution in [3.05, 3.63) is 48.5 Å². The zero-order chi connectivity index (χ0) is 14.9. The molecule has 2 nitrogen and oxygen atoms in total. The fourth-order valence-corrected chi connectivity index (χ4v) is 2.94. The van der Waals surface area contributed by atoms with E-state index >= 15 is 0 Å². The van der Waals surface area contributed by atoms with Crippen LogP contribution in [-0.4, -0.2) is 18.5 Å². The van der Waals surface area contributed by atoms with Gasteiger partial charge in [-0.1, -0.05) is 24.3 Å². The Hall–Kier alpha value is -2.02. The molecule has 1 aromatic heterocycles. The van der Waals surface area contributed by atoms with Gasteiger partial charge in [-0.25, -0.2) is 4.98 Å². The number of ether oxygens (including phenoxy) is 1. The Bertz CT molecular complexity index is 739. The van der Waals surface area contributed by atoms with Crippen molar-refractivity contribution in [3.8, 4) is 16.3 Å². The van der Waals surface area contributed by atoms with Crippen molar-refractivity contribution in [2.24, 2.45) is 0 Å². The van der Waals surface area contributed by atoms with Crippen LogP contribution in [0.5, 0.6) is 5.75 Å². The summed E-state index contributed by atoms with van der Waals surface area (Å²) in [5.74, 6) is 0.204. The maximum absolute atomic E-state index is 12.4. The molecule has 0 fully saturated rings. The van der Waals surface area contributed by atoms with Crippen molar-refractivity contribution in [2.45, 2.75) is 0 Å². The predicted octanol–water partition coefficient (Wildman–Crippen LogP) is 4.73. The van der Waals surface area contributed by atoms with Crippen molar-refractivity contribution in [3.63, 3.8) is 0 Å². The summed E-state index contributed by atoms with van der Waals surface area (Å²) >= 11 is 1.43. The molecule has 108 valence electrons. The number of rotatable bonds is 4. The molecule has 0 N–H and O–H groups in total. The van der Waals surface area contributed by atoms with Crippen LogP contribution >= 0.6 is 11.3 Å². The number of thiazole rings is 1. The van der Waals surface area contributed by atoms with E-state index in [0.717, 1.165) is 10.2 Å². The first kappa shape index (κ1) is 13.9. The number of benzene rings is 2. The molecule has 3 aromatic rings. The van der Waals surface area contributed by atoms with Crippen molar-refractivity contribution in [1.82, 2.24) is 4.98 Å². The van der Waals surface area contributed by atoms with Gasteiger partial charge in [0.1, 0.15) is 10.8 Å². The van der Waals surface area contributed by atoms with Gasteiger partial charge in [0.15, 0.2) is 0 Å². The molecular formula is C14H10BF3NOS-. The molecule has 0 aliphatic rings. The predicted molar refractivity (Wildman–Crippen MR) is 79.6 cm³/mol. The van der Waals surface area contributed by atoms with Crippen LogP contribution in [0.3, 0.4) is 0 Å². The fraction of sp³-hybridized carbons (Fsp3) is 0.0714. The minimum absolute atomic E-state index is 0.204. The summed E-state index contributed by atoms with van der Waals surface area (Å²) in [5, 5.41) is 0.654. The molecule has 0 aliphatic carbocycles. The number of aromatic nitrogens is 1. The van der Waals surface area contributed by atoms with Crippen LogP contribution in [0.15, 0.2) is 48.5 Å². The van der Waals surface area contributed by atoms with Gasteiger partial charge in [-0.15, -0.1) is 11.3 Å². The molecule has 21 heavy (non-hydrogen) atoms. The highest BCUT2D eigenvalue weighted by atomic mass is 32.1. The third-order valence-electron chi connectivity index (χ3n) is 2.84.